The number of hydrogen-bond acceptors (Lipinski definition) is 26. The zero-order chi connectivity index (χ0) is 61.5. The summed E-state index contributed by atoms with van der Waals surface area (Å²) in [6, 6.07) is -8.19. The van der Waals surface area contributed by atoms with E-state index in [1.54, 1.807) is 13.8 Å². The van der Waals surface area contributed by atoms with Crippen molar-refractivity contribution in [2.75, 3.05) is 31.2 Å². The van der Waals surface area contributed by atoms with E-state index in [-0.39, 0.29) is 42.9 Å². The summed E-state index contributed by atoms with van der Waals surface area (Å²) in [7, 11) is 2.41. The third-order valence-corrected chi connectivity index (χ3v) is 9.63. The standard InChI is InChI=1S/C6H12N2O4S2.C5H9NO4.C5H9NO2.C5H11NO2.C4H7NO4.C4H9NO3.C3H7NO3.C3H7NO2.C2H5NO2/c7-3(5(9)10)1-13-14-2-4(8)6(11)12;6-3(5(9)10)1-2-4(7)8;7-5(8)4-2-1-3-6-4;1-3(2)4(6)5(7)8;5-2(4(8)9)1-3(6)7;1-2(6)3(5)4(7)8;4-2(1-5)3(6)7;1-2(4)3(5)6;3-1-2(4)5/h3-4H,1-2,7-8H2,(H,9,10)(H,11,12);3H,1-2,6H2,(H,7,8)(H,9,10);4,6H,1-3H2,(H,7,8);3-4H,6H2,1-2H3,(H,7,8);2H,1,5H2,(H,6,7)(H,8,9);2-3,6H,5H2,1H3,(H,7,8);2,5H,1,4H2,(H,6,7);2H,4H2,1H3,(H,5,6);1,3H2,(H,4,5)/t;;4-;;;;;;/m..0....../s1. The van der Waals surface area contributed by atoms with Gasteiger partial charge >= 0.3 is 71.6 Å². The lowest BCUT2D eigenvalue weighted by molar-refractivity contribution is -0.144. The van der Waals surface area contributed by atoms with Gasteiger partial charge in [-0.1, -0.05) is 35.4 Å². The van der Waals surface area contributed by atoms with Gasteiger partial charge in [0.15, 0.2) is 0 Å². The first-order valence-electron chi connectivity index (χ1n) is 20.8. The van der Waals surface area contributed by atoms with Crippen LogP contribution in [-0.2, 0) is 57.5 Å². The molecule has 0 amide bonds. The van der Waals surface area contributed by atoms with Crippen molar-refractivity contribution in [1.82, 2.24) is 5.32 Å². The molecule has 0 aromatic heterocycles. The fraction of sp³-hybridized carbons (Fsp3) is 0.676. The minimum absolute atomic E-state index is 0.0208. The van der Waals surface area contributed by atoms with E-state index in [0.29, 0.717) is 0 Å². The Balaban J connectivity index is -0.000000114. The molecule has 0 aliphatic carbocycles. The van der Waals surface area contributed by atoms with Crippen LogP contribution in [0, 0.1) is 5.92 Å². The third kappa shape index (κ3) is 70.0. The van der Waals surface area contributed by atoms with Gasteiger partial charge in [0.05, 0.1) is 25.7 Å². The second kappa shape index (κ2) is 52.7. The van der Waals surface area contributed by atoms with Gasteiger partial charge in [-0.05, 0) is 45.6 Å². The summed E-state index contributed by atoms with van der Waals surface area (Å²) in [5.41, 5.74) is 44.5. The van der Waals surface area contributed by atoms with Crippen molar-refractivity contribution in [3.8, 4) is 0 Å². The molecule has 75 heavy (non-hydrogen) atoms. The Kier molecular flexibility index (Phi) is 60.2. The summed E-state index contributed by atoms with van der Waals surface area (Å²) in [6.07, 6.45) is 0.0484. The van der Waals surface area contributed by atoms with Crippen LogP contribution in [0.4, 0.5) is 0 Å². The zero-order valence-electron chi connectivity index (χ0n) is 41.1. The van der Waals surface area contributed by atoms with Crippen LogP contribution >= 0.6 is 21.6 Å². The lowest BCUT2D eigenvalue weighted by Gasteiger charge is -2.07. The molecule has 10 atom stereocenters. The van der Waals surface area contributed by atoms with Gasteiger partial charge in [-0.25, -0.2) is 0 Å². The van der Waals surface area contributed by atoms with Gasteiger partial charge < -0.3 is 128 Å². The van der Waals surface area contributed by atoms with Gasteiger partial charge in [0.2, 0.25) is 0 Å². The fourth-order valence-electron chi connectivity index (χ4n) is 2.53. The monoisotopic (exact) mass is 1140 g/mol. The molecular weight excluding hydrogens is 1060 g/mol. The molecule has 1 saturated heterocycles. The van der Waals surface area contributed by atoms with Crippen molar-refractivity contribution >= 4 is 93.2 Å². The minimum atomic E-state index is -1.29. The number of rotatable bonds is 23. The molecule has 9 unspecified atom stereocenters. The van der Waals surface area contributed by atoms with E-state index in [9.17, 15) is 57.5 Å². The molecule has 442 valence electrons. The first kappa shape index (κ1) is 85.6. The van der Waals surface area contributed by atoms with Crippen LogP contribution in [0.2, 0.25) is 0 Å². The molecule has 1 rings (SSSR count). The average molecular weight is 1140 g/mol. The molecule has 1 fully saturated rings. The molecule has 0 radical (unpaired) electrons. The van der Waals surface area contributed by atoms with Crippen molar-refractivity contribution in [2.45, 2.75) is 120 Å². The SMILES string of the molecule is CC(C)C(N)C(=O)O.CC(N)C(=O)O.CC(O)C(N)C(=O)O.NC(CC(=O)O)C(=O)O.NC(CCC(=O)O)C(=O)O.NC(CO)C(=O)O.NC(CSSCC(N)C(=O)O)C(=O)O.NCC(=O)O.O=C(O)[C@@H]1CCCN1. The maximum Gasteiger partial charge on any atom is 0.323 e. The second-order valence-electron chi connectivity index (χ2n) is 14.4. The predicted molar refractivity (Wildman–Crippen MR) is 264 cm³/mol. The van der Waals surface area contributed by atoms with Crippen molar-refractivity contribution in [3.63, 3.8) is 0 Å². The number of nitrogens with two attached hydrogens (primary N) is 9. The molecule has 33 N–H and O–H groups in total. The van der Waals surface area contributed by atoms with Crippen LogP contribution in [-0.4, -0.2) is 235 Å². The smallest absolute Gasteiger partial charge is 0.323 e. The van der Waals surface area contributed by atoms with Crippen molar-refractivity contribution in [2.24, 2.45) is 57.5 Å². The van der Waals surface area contributed by atoms with Gasteiger partial charge in [0.1, 0.15) is 54.4 Å². The van der Waals surface area contributed by atoms with Crippen LogP contribution in [0.15, 0.2) is 0 Å². The van der Waals surface area contributed by atoms with Crippen molar-refractivity contribution in [1.29, 1.82) is 0 Å². The highest BCUT2D eigenvalue weighted by atomic mass is 33.1. The van der Waals surface area contributed by atoms with Crippen molar-refractivity contribution < 1.29 is 129 Å². The molecular formula is C37H76N10O26S2. The molecule has 1 heterocycles. The van der Waals surface area contributed by atoms with E-state index in [1.165, 1.54) is 35.4 Å². The van der Waals surface area contributed by atoms with Gasteiger partial charge in [-0.2, -0.15) is 0 Å². The maximum atomic E-state index is 10.3. The zero-order valence-corrected chi connectivity index (χ0v) is 42.7. The highest BCUT2D eigenvalue weighted by Gasteiger charge is 2.21. The number of hydrogen-bond donors (Lipinski definition) is 24. The summed E-state index contributed by atoms with van der Waals surface area (Å²) < 4.78 is 0. The fourth-order valence-corrected chi connectivity index (χ4v) is 4.76. The van der Waals surface area contributed by atoms with E-state index in [2.05, 4.69) is 11.1 Å². The number of carboxylic acids is 12. The lowest BCUT2D eigenvalue weighted by Crippen LogP contribution is -2.39. The second-order valence-corrected chi connectivity index (χ2v) is 17.0. The van der Waals surface area contributed by atoms with E-state index in [0.717, 1.165) is 19.4 Å². The summed E-state index contributed by atoms with van der Waals surface area (Å²) in [5, 5.41) is 116. The lowest BCUT2D eigenvalue weighted by atomic mass is 10.1. The van der Waals surface area contributed by atoms with Gasteiger partial charge in [-0.3, -0.25) is 57.5 Å². The molecule has 0 bridgehead atoms. The number of nitrogens with one attached hydrogen (secondary N) is 1. The Morgan fingerprint density at radius 3 is 0.973 bits per heavy atom. The Bertz CT molecular complexity index is 1620. The van der Waals surface area contributed by atoms with Crippen LogP contribution in [0.1, 0.15) is 59.8 Å². The van der Waals surface area contributed by atoms with E-state index >= 15 is 0 Å². The third-order valence-electron chi connectivity index (χ3n) is 7.16. The van der Waals surface area contributed by atoms with E-state index in [4.69, 9.17) is 117 Å². The van der Waals surface area contributed by atoms with Crippen LogP contribution in [0.5, 0.6) is 0 Å². The number of aliphatic hydroxyl groups is 2. The molecule has 0 spiro atoms. The Morgan fingerprint density at radius 1 is 0.507 bits per heavy atom. The number of aliphatic hydroxyl groups excluding tert-OH is 2. The minimum Gasteiger partial charge on any atom is -0.481 e. The van der Waals surface area contributed by atoms with Crippen LogP contribution < -0.4 is 56.9 Å². The maximum absolute atomic E-state index is 10.3. The number of aliphatic carboxylic acids is 12. The topological polar surface area (TPSA) is 734 Å². The van der Waals surface area contributed by atoms with Gasteiger partial charge in [0.25, 0.3) is 0 Å². The van der Waals surface area contributed by atoms with Crippen LogP contribution in [0.25, 0.3) is 0 Å². The molecule has 0 aromatic rings. The Labute approximate surface area is 435 Å². The molecule has 36 nitrogen and oxygen atoms in total. The molecule has 0 saturated carbocycles. The summed E-state index contributed by atoms with van der Waals surface area (Å²) in [6.45, 7) is 6.38. The first-order chi connectivity index (χ1) is 34.0. The summed E-state index contributed by atoms with van der Waals surface area (Å²) in [4.78, 5) is 119. The summed E-state index contributed by atoms with van der Waals surface area (Å²) in [5.74, 6) is -12.3. The number of carbonyl (C=O) groups is 12. The quantitative estimate of drug-likeness (QED) is 0.0334. The van der Waals surface area contributed by atoms with Crippen LogP contribution in [0.3, 0.4) is 0 Å². The number of carboxylic acid groups (broad SMARTS) is 12. The summed E-state index contributed by atoms with van der Waals surface area (Å²) >= 11 is 0. The Morgan fingerprint density at radius 2 is 0.853 bits per heavy atom. The normalized spacial score (nSPS) is 15.1. The van der Waals surface area contributed by atoms with Gasteiger partial charge in [-0.15, -0.1) is 0 Å². The first-order valence-corrected chi connectivity index (χ1v) is 23.2. The molecule has 0 aromatic carbocycles. The Hall–Kier alpha value is -6.14. The van der Waals surface area contributed by atoms with E-state index in [1.807, 2.05) is 0 Å². The molecule has 1 aliphatic heterocycles. The van der Waals surface area contributed by atoms with E-state index < -0.39 is 139 Å². The van der Waals surface area contributed by atoms with Gasteiger partial charge in [0, 0.05) is 17.9 Å². The van der Waals surface area contributed by atoms with Crippen molar-refractivity contribution in [3.05, 3.63) is 0 Å². The highest BCUT2D eigenvalue weighted by Crippen LogP contribution is 2.22. The molecule has 1 aliphatic rings. The molecule has 38 heteroatoms. The average Bonchev–Trinajstić information content (AvgIpc) is 3.86. The predicted octanol–water partition coefficient (Wildman–Crippen LogP) is -7.18. The largest absolute Gasteiger partial charge is 0.481 e. The highest BCUT2D eigenvalue weighted by molar-refractivity contribution is 8.76.